The minimum absolute atomic E-state index is 0.507. The lowest BCUT2D eigenvalue weighted by Gasteiger charge is -2.15. The molecule has 0 spiro atoms. The molecule has 0 radical (unpaired) electrons. The maximum Gasteiger partial charge on any atom is 0.162 e. The molecule has 0 aromatic heterocycles. The first-order chi connectivity index (χ1) is 6.86. The summed E-state index contributed by atoms with van der Waals surface area (Å²) < 4.78 is 5.52. The average molecular weight is 211 g/mol. The molecule has 0 fully saturated rings. The molecule has 1 aliphatic heterocycles. The highest BCUT2D eigenvalue weighted by molar-refractivity contribution is 6.32. The largest absolute Gasteiger partial charge is 0.472 e. The van der Waals surface area contributed by atoms with Crippen LogP contribution in [0.25, 0.3) is 0 Å². The Morgan fingerprint density at radius 1 is 1.43 bits per heavy atom. The first-order valence-corrected chi connectivity index (χ1v) is 4.85. The minimum atomic E-state index is 0.507. The van der Waals surface area contributed by atoms with Crippen LogP contribution in [-0.2, 0) is 0 Å². The summed E-state index contributed by atoms with van der Waals surface area (Å²) in [7, 11) is 0. The molecule has 14 heavy (non-hydrogen) atoms. The Hall–Kier alpha value is -1.22. The minimum Gasteiger partial charge on any atom is -0.472 e. The Balaban J connectivity index is 1.91. The van der Waals surface area contributed by atoms with Gasteiger partial charge in [0.25, 0.3) is 0 Å². The van der Waals surface area contributed by atoms with Gasteiger partial charge in [-0.3, -0.25) is 4.99 Å². The summed E-state index contributed by atoms with van der Waals surface area (Å²) in [5.74, 6) is 0.717. The van der Waals surface area contributed by atoms with E-state index < -0.39 is 0 Å². The monoisotopic (exact) mass is 210 g/mol. The molecule has 0 N–H and O–H groups in total. The zero-order valence-corrected chi connectivity index (χ0v) is 8.44. The highest BCUT2D eigenvalue weighted by Gasteiger charge is 2.06. The van der Waals surface area contributed by atoms with Crippen LogP contribution < -0.4 is 4.74 Å². The van der Waals surface area contributed by atoms with Crippen LogP contribution in [0.5, 0.6) is 5.75 Å². The third-order valence-electron chi connectivity index (χ3n) is 1.98. The number of hydrogen-bond acceptors (Lipinski definition) is 3. The summed E-state index contributed by atoms with van der Waals surface area (Å²) in [5.41, 5.74) is 0. The van der Waals surface area contributed by atoms with Crippen molar-refractivity contribution in [1.82, 2.24) is 4.90 Å². The number of benzene rings is 1. The topological polar surface area (TPSA) is 24.8 Å². The molecule has 0 atom stereocenters. The molecule has 2 rings (SSSR count). The van der Waals surface area contributed by atoms with Crippen molar-refractivity contribution in [2.24, 2.45) is 4.99 Å². The van der Waals surface area contributed by atoms with Gasteiger partial charge in [0, 0.05) is 6.54 Å². The number of rotatable bonds is 3. The second-order valence-electron chi connectivity index (χ2n) is 3.04. The van der Waals surface area contributed by atoms with E-state index in [0.717, 1.165) is 18.8 Å². The van der Waals surface area contributed by atoms with E-state index >= 15 is 0 Å². The molecule has 3 nitrogen and oxygen atoms in total. The van der Waals surface area contributed by atoms with E-state index in [9.17, 15) is 0 Å². The van der Waals surface area contributed by atoms with Crippen molar-refractivity contribution in [3.05, 3.63) is 29.3 Å². The molecule has 0 aliphatic carbocycles. The molecule has 1 aliphatic rings. The van der Waals surface area contributed by atoms with E-state index in [1.807, 2.05) is 29.2 Å². The van der Waals surface area contributed by atoms with Gasteiger partial charge in [-0.2, -0.15) is 0 Å². The van der Waals surface area contributed by atoms with Crippen molar-refractivity contribution in [3.8, 4) is 5.75 Å². The predicted molar refractivity (Wildman–Crippen MR) is 57.0 cm³/mol. The zero-order chi connectivity index (χ0) is 9.80. The van der Waals surface area contributed by atoms with Gasteiger partial charge in [0.05, 0.1) is 17.9 Å². The fourth-order valence-electron chi connectivity index (χ4n) is 1.23. The summed E-state index contributed by atoms with van der Waals surface area (Å²) in [6, 6.07) is 7.45. The molecule has 1 aromatic carbocycles. The lowest BCUT2D eigenvalue weighted by molar-refractivity contribution is 0.206. The molecule has 0 amide bonds. The van der Waals surface area contributed by atoms with Crippen LogP contribution in [0.1, 0.15) is 0 Å². The summed E-state index contributed by atoms with van der Waals surface area (Å²) in [5, 5.41) is 0.642. The lowest BCUT2D eigenvalue weighted by Crippen LogP contribution is -2.24. The van der Waals surface area contributed by atoms with E-state index in [0.29, 0.717) is 11.8 Å². The molecular weight excluding hydrogens is 200 g/mol. The summed E-state index contributed by atoms with van der Waals surface area (Å²) in [6.07, 6.45) is 1.80. The van der Waals surface area contributed by atoms with Crippen LogP contribution in [0.2, 0.25) is 5.02 Å². The van der Waals surface area contributed by atoms with Gasteiger partial charge in [-0.1, -0.05) is 23.7 Å². The molecule has 0 bridgehead atoms. The summed E-state index contributed by atoms with van der Waals surface area (Å²) in [4.78, 5) is 6.09. The SMILES string of the molecule is Clc1ccccc1OCN1C=NCC1. The number of para-hydroxylation sites is 1. The summed E-state index contributed by atoms with van der Waals surface area (Å²) >= 11 is 5.93. The second kappa shape index (κ2) is 4.33. The van der Waals surface area contributed by atoms with Crippen LogP contribution in [0.15, 0.2) is 29.3 Å². The van der Waals surface area contributed by atoms with Crippen molar-refractivity contribution in [2.45, 2.75) is 0 Å². The van der Waals surface area contributed by atoms with Crippen LogP contribution in [0.3, 0.4) is 0 Å². The van der Waals surface area contributed by atoms with E-state index in [4.69, 9.17) is 16.3 Å². The quantitative estimate of drug-likeness (QED) is 0.763. The Morgan fingerprint density at radius 2 is 2.29 bits per heavy atom. The number of halogens is 1. The second-order valence-corrected chi connectivity index (χ2v) is 3.45. The molecule has 4 heteroatoms. The normalized spacial score (nSPS) is 14.8. The van der Waals surface area contributed by atoms with Crippen molar-refractivity contribution in [3.63, 3.8) is 0 Å². The van der Waals surface area contributed by atoms with Crippen LogP contribution in [0.4, 0.5) is 0 Å². The third-order valence-corrected chi connectivity index (χ3v) is 2.30. The van der Waals surface area contributed by atoms with Crippen molar-refractivity contribution in [1.29, 1.82) is 0 Å². The molecule has 1 heterocycles. The van der Waals surface area contributed by atoms with Gasteiger partial charge in [-0.15, -0.1) is 0 Å². The van der Waals surface area contributed by atoms with Gasteiger partial charge < -0.3 is 9.64 Å². The Morgan fingerprint density at radius 3 is 3.00 bits per heavy atom. The van der Waals surface area contributed by atoms with E-state index in [1.54, 1.807) is 6.34 Å². The molecule has 74 valence electrons. The molecular formula is C10H11ClN2O. The Kier molecular flexibility index (Phi) is 2.89. The molecule has 0 saturated heterocycles. The predicted octanol–water partition coefficient (Wildman–Crippen LogP) is 2.02. The first-order valence-electron chi connectivity index (χ1n) is 4.47. The zero-order valence-electron chi connectivity index (χ0n) is 7.69. The van der Waals surface area contributed by atoms with Crippen LogP contribution in [0, 0.1) is 0 Å². The van der Waals surface area contributed by atoms with Gasteiger partial charge in [0.2, 0.25) is 0 Å². The third kappa shape index (κ3) is 2.17. The number of hydrogen-bond donors (Lipinski definition) is 0. The molecule has 0 saturated carbocycles. The van der Waals surface area contributed by atoms with Crippen molar-refractivity contribution < 1.29 is 4.74 Å². The standard InChI is InChI=1S/C10H11ClN2O/c11-9-3-1-2-4-10(9)14-8-13-6-5-12-7-13/h1-4,7H,5-6,8H2. The van der Waals surface area contributed by atoms with Crippen molar-refractivity contribution >= 4 is 17.9 Å². The fraction of sp³-hybridized carbons (Fsp3) is 0.300. The maximum absolute atomic E-state index is 5.93. The van der Waals surface area contributed by atoms with Gasteiger partial charge in [0.1, 0.15) is 5.75 Å². The van der Waals surface area contributed by atoms with Crippen LogP contribution >= 0.6 is 11.6 Å². The summed E-state index contributed by atoms with van der Waals surface area (Å²) in [6.45, 7) is 2.28. The number of ether oxygens (including phenoxy) is 1. The van der Waals surface area contributed by atoms with Gasteiger partial charge in [-0.05, 0) is 12.1 Å². The Labute approximate surface area is 88.0 Å². The first kappa shape index (κ1) is 9.34. The maximum atomic E-state index is 5.93. The van der Waals surface area contributed by atoms with Gasteiger partial charge >= 0.3 is 0 Å². The van der Waals surface area contributed by atoms with Crippen molar-refractivity contribution in [2.75, 3.05) is 19.8 Å². The number of nitrogens with zero attached hydrogens (tertiary/aromatic N) is 2. The fourth-order valence-corrected chi connectivity index (χ4v) is 1.42. The van der Waals surface area contributed by atoms with Gasteiger partial charge in [-0.25, -0.2) is 0 Å². The molecule has 1 aromatic rings. The number of aliphatic imine (C=N–C) groups is 1. The van der Waals surface area contributed by atoms with Crippen LogP contribution in [-0.4, -0.2) is 31.1 Å². The smallest absolute Gasteiger partial charge is 0.162 e. The highest BCUT2D eigenvalue weighted by Crippen LogP contribution is 2.23. The highest BCUT2D eigenvalue weighted by atomic mass is 35.5. The van der Waals surface area contributed by atoms with E-state index in [-0.39, 0.29) is 0 Å². The average Bonchev–Trinajstić information content (AvgIpc) is 2.69. The molecule has 0 unspecified atom stereocenters. The van der Waals surface area contributed by atoms with Gasteiger partial charge in [0.15, 0.2) is 6.73 Å². The lowest BCUT2D eigenvalue weighted by atomic mass is 10.3. The van der Waals surface area contributed by atoms with E-state index in [2.05, 4.69) is 4.99 Å². The van der Waals surface area contributed by atoms with E-state index in [1.165, 1.54) is 0 Å². The Bertz CT molecular complexity index is 341.